The van der Waals surface area contributed by atoms with Crippen LogP contribution < -0.4 is 4.74 Å². The first kappa shape index (κ1) is 20.1. The molecule has 7 nitrogen and oxygen atoms in total. The standard InChI is InChI=1S/C18H16Br2O7/c1-8(19)18(26-15(16(22)23)14(21)17(24)27-18)10-4-5-11-9(7-10)3-6-12(25-2)13(11)20/h3-8,14-15,21H,1-2H3,(H,22,23)/t8?,14-,15-,18?/m1/s1. The van der Waals surface area contributed by atoms with Crippen molar-refractivity contribution in [3.05, 3.63) is 40.4 Å². The van der Waals surface area contributed by atoms with Gasteiger partial charge in [-0.25, -0.2) is 9.59 Å². The molecule has 1 heterocycles. The van der Waals surface area contributed by atoms with Gasteiger partial charge in [0, 0.05) is 5.56 Å². The zero-order valence-electron chi connectivity index (χ0n) is 14.3. The summed E-state index contributed by atoms with van der Waals surface area (Å²) >= 11 is 6.84. The van der Waals surface area contributed by atoms with Crippen molar-refractivity contribution in [1.29, 1.82) is 0 Å². The van der Waals surface area contributed by atoms with E-state index in [1.54, 1.807) is 38.3 Å². The largest absolute Gasteiger partial charge is 0.496 e. The summed E-state index contributed by atoms with van der Waals surface area (Å²) in [4.78, 5) is 23.0. The van der Waals surface area contributed by atoms with Crippen molar-refractivity contribution in [2.45, 2.75) is 29.7 Å². The fourth-order valence-corrected chi connectivity index (χ4v) is 4.09. The summed E-state index contributed by atoms with van der Waals surface area (Å²) in [6.07, 6.45) is -3.65. The molecule has 1 aliphatic heterocycles. The summed E-state index contributed by atoms with van der Waals surface area (Å²) < 4.78 is 17.0. The fourth-order valence-electron chi connectivity index (χ4n) is 2.97. The lowest BCUT2D eigenvalue weighted by Crippen LogP contribution is -2.58. The minimum Gasteiger partial charge on any atom is -0.496 e. The monoisotopic (exact) mass is 502 g/mol. The highest BCUT2D eigenvalue weighted by Gasteiger charge is 2.54. The third kappa shape index (κ3) is 3.33. The number of fused-ring (bicyclic) bond motifs is 1. The molecule has 1 saturated heterocycles. The molecule has 0 radical (unpaired) electrons. The highest BCUT2D eigenvalue weighted by molar-refractivity contribution is 9.10. The van der Waals surface area contributed by atoms with Crippen molar-refractivity contribution in [3.63, 3.8) is 0 Å². The number of cyclic esters (lactones) is 1. The molecule has 0 aromatic heterocycles. The molecule has 0 amide bonds. The van der Waals surface area contributed by atoms with Crippen LogP contribution in [0.3, 0.4) is 0 Å². The summed E-state index contributed by atoms with van der Waals surface area (Å²) in [6, 6.07) is 8.79. The average molecular weight is 504 g/mol. The van der Waals surface area contributed by atoms with E-state index in [1.807, 2.05) is 6.07 Å². The Labute approximate surface area is 171 Å². The second kappa shape index (κ2) is 7.38. The Morgan fingerprint density at radius 3 is 2.63 bits per heavy atom. The molecule has 9 heteroatoms. The van der Waals surface area contributed by atoms with Crippen LogP contribution in [0.2, 0.25) is 0 Å². The van der Waals surface area contributed by atoms with Gasteiger partial charge in [-0.2, -0.15) is 0 Å². The SMILES string of the molecule is COc1ccc2cc(C3(C(C)Br)OC(=O)[C@H](O)[C@H](C(=O)O)O3)ccc2c1Br. The Bertz CT molecular complexity index is 914. The number of esters is 1. The quantitative estimate of drug-likeness (QED) is 0.488. The second-order valence-corrected chi connectivity index (χ2v) is 8.21. The smallest absolute Gasteiger partial charge is 0.341 e. The molecule has 27 heavy (non-hydrogen) atoms. The van der Waals surface area contributed by atoms with E-state index in [0.29, 0.717) is 11.3 Å². The van der Waals surface area contributed by atoms with Crippen LogP contribution in [0, 0.1) is 0 Å². The molecule has 2 unspecified atom stereocenters. The maximum atomic E-state index is 12.1. The van der Waals surface area contributed by atoms with E-state index < -0.39 is 34.8 Å². The Morgan fingerprint density at radius 2 is 2.04 bits per heavy atom. The van der Waals surface area contributed by atoms with E-state index in [9.17, 15) is 19.8 Å². The maximum absolute atomic E-state index is 12.1. The molecule has 4 atom stereocenters. The van der Waals surface area contributed by atoms with Crippen molar-refractivity contribution >= 4 is 54.6 Å². The van der Waals surface area contributed by atoms with Crippen LogP contribution in [0.1, 0.15) is 12.5 Å². The number of aliphatic carboxylic acids is 1. The van der Waals surface area contributed by atoms with Gasteiger partial charge in [-0.05, 0) is 45.8 Å². The number of carbonyl (C=O) groups excluding carboxylic acids is 1. The molecule has 1 fully saturated rings. The van der Waals surface area contributed by atoms with Crippen LogP contribution in [-0.2, 0) is 24.8 Å². The van der Waals surface area contributed by atoms with Crippen molar-refractivity contribution in [3.8, 4) is 5.75 Å². The number of carbonyl (C=O) groups is 2. The first-order chi connectivity index (χ1) is 12.7. The average Bonchev–Trinajstić information content (AvgIpc) is 2.63. The Morgan fingerprint density at radius 1 is 1.33 bits per heavy atom. The molecule has 3 rings (SSSR count). The van der Waals surface area contributed by atoms with Gasteiger partial charge < -0.3 is 24.4 Å². The zero-order valence-corrected chi connectivity index (χ0v) is 17.5. The van der Waals surface area contributed by atoms with Crippen molar-refractivity contribution in [1.82, 2.24) is 0 Å². The number of methoxy groups -OCH3 is 1. The zero-order chi connectivity index (χ0) is 19.9. The van der Waals surface area contributed by atoms with Gasteiger partial charge in [0.2, 0.25) is 0 Å². The predicted octanol–water partition coefficient (Wildman–Crippen LogP) is 2.93. The summed E-state index contributed by atoms with van der Waals surface area (Å²) in [6.45, 7) is 1.66. The topological polar surface area (TPSA) is 102 Å². The number of aliphatic hydroxyl groups is 1. The molecule has 1 aliphatic rings. The van der Waals surface area contributed by atoms with Crippen molar-refractivity contribution in [2.24, 2.45) is 0 Å². The van der Waals surface area contributed by atoms with Crippen LogP contribution in [0.5, 0.6) is 5.75 Å². The molecular formula is C18H16Br2O7. The number of carboxylic acids is 1. The summed E-state index contributed by atoms with van der Waals surface area (Å²) in [5.74, 6) is -3.56. The summed E-state index contributed by atoms with van der Waals surface area (Å²) in [7, 11) is 1.56. The minimum atomic E-state index is -1.90. The van der Waals surface area contributed by atoms with Gasteiger partial charge in [0.05, 0.1) is 16.4 Å². The van der Waals surface area contributed by atoms with Gasteiger partial charge in [0.25, 0.3) is 5.79 Å². The third-order valence-corrected chi connectivity index (χ3v) is 5.81. The van der Waals surface area contributed by atoms with Crippen LogP contribution in [0.4, 0.5) is 0 Å². The number of aliphatic hydroxyl groups excluding tert-OH is 1. The van der Waals surface area contributed by atoms with Crippen LogP contribution in [0.15, 0.2) is 34.8 Å². The van der Waals surface area contributed by atoms with E-state index >= 15 is 0 Å². The van der Waals surface area contributed by atoms with E-state index in [0.717, 1.165) is 15.2 Å². The first-order valence-corrected chi connectivity index (χ1v) is 9.64. The molecule has 2 N–H and O–H groups in total. The molecule has 0 aliphatic carbocycles. The number of benzene rings is 2. The van der Waals surface area contributed by atoms with Gasteiger partial charge in [-0.1, -0.05) is 34.1 Å². The van der Waals surface area contributed by atoms with Gasteiger partial charge in [-0.3, -0.25) is 0 Å². The van der Waals surface area contributed by atoms with Gasteiger partial charge in [-0.15, -0.1) is 0 Å². The summed E-state index contributed by atoms with van der Waals surface area (Å²) in [5.41, 5.74) is 0.433. The number of alkyl halides is 1. The lowest BCUT2D eigenvalue weighted by molar-refractivity contribution is -0.298. The fraction of sp³-hybridized carbons (Fsp3) is 0.333. The minimum absolute atomic E-state index is 0.433. The van der Waals surface area contributed by atoms with Gasteiger partial charge in [0.15, 0.2) is 12.2 Å². The first-order valence-electron chi connectivity index (χ1n) is 7.93. The van der Waals surface area contributed by atoms with Gasteiger partial charge >= 0.3 is 11.9 Å². The second-order valence-electron chi connectivity index (χ2n) is 6.04. The Balaban J connectivity index is 2.15. The molecule has 0 spiro atoms. The lowest BCUT2D eigenvalue weighted by Gasteiger charge is -2.42. The number of carboxylic acid groups (broad SMARTS) is 1. The molecule has 0 bridgehead atoms. The number of halogens is 2. The number of hydrogen-bond donors (Lipinski definition) is 2. The van der Waals surface area contributed by atoms with Crippen LogP contribution in [-0.4, -0.2) is 46.3 Å². The third-order valence-electron chi connectivity index (χ3n) is 4.39. The predicted molar refractivity (Wildman–Crippen MR) is 103 cm³/mol. The summed E-state index contributed by atoms with van der Waals surface area (Å²) in [5, 5.41) is 20.8. The molecule has 2 aromatic carbocycles. The van der Waals surface area contributed by atoms with Crippen molar-refractivity contribution < 1.29 is 34.0 Å². The normalized spacial score (nSPS) is 26.5. The number of rotatable bonds is 4. The van der Waals surface area contributed by atoms with E-state index in [4.69, 9.17) is 14.2 Å². The highest BCUT2D eigenvalue weighted by Crippen LogP contribution is 2.42. The maximum Gasteiger partial charge on any atom is 0.341 e. The lowest BCUT2D eigenvalue weighted by atomic mass is 9.97. The Kier molecular flexibility index (Phi) is 5.49. The molecular weight excluding hydrogens is 488 g/mol. The molecule has 0 saturated carbocycles. The van der Waals surface area contributed by atoms with E-state index in [2.05, 4.69) is 31.9 Å². The number of ether oxygens (including phenoxy) is 3. The highest BCUT2D eigenvalue weighted by atomic mass is 79.9. The Hall–Kier alpha value is -1.68. The van der Waals surface area contributed by atoms with E-state index in [-0.39, 0.29) is 0 Å². The molecule has 2 aromatic rings. The van der Waals surface area contributed by atoms with Gasteiger partial charge in [0.1, 0.15) is 5.75 Å². The van der Waals surface area contributed by atoms with E-state index in [1.165, 1.54) is 0 Å². The van der Waals surface area contributed by atoms with Crippen molar-refractivity contribution in [2.75, 3.05) is 7.11 Å². The van der Waals surface area contributed by atoms with Crippen LogP contribution >= 0.6 is 31.9 Å². The molecule has 144 valence electrons. The number of hydrogen-bond acceptors (Lipinski definition) is 6. The van der Waals surface area contributed by atoms with Crippen LogP contribution in [0.25, 0.3) is 10.8 Å².